The number of nitrogens with zero attached hydrogens (tertiary/aromatic N) is 1. The van der Waals surface area contributed by atoms with Crippen LogP contribution in [0.4, 0.5) is 0 Å². The van der Waals surface area contributed by atoms with Gasteiger partial charge < -0.3 is 0 Å². The van der Waals surface area contributed by atoms with Crippen molar-refractivity contribution in [3.8, 4) is 6.07 Å². The number of benzene rings is 3. The van der Waals surface area contributed by atoms with Crippen molar-refractivity contribution >= 4 is 35.8 Å². The Hall–Kier alpha value is -2.33. The first-order valence-corrected chi connectivity index (χ1v) is 9.95. The molecule has 0 bridgehead atoms. The van der Waals surface area contributed by atoms with Gasteiger partial charge in [0, 0.05) is 5.41 Å². The molecular formula is C21H17NPS+. The van der Waals surface area contributed by atoms with Crippen LogP contribution in [0.2, 0.25) is 0 Å². The lowest BCUT2D eigenvalue weighted by Crippen LogP contribution is -2.32. The second-order valence-electron chi connectivity index (χ2n) is 5.30. The molecule has 3 aromatic rings. The third kappa shape index (κ3) is 2.78. The highest BCUT2D eigenvalue weighted by Gasteiger charge is 2.49. The molecule has 3 heteroatoms. The van der Waals surface area contributed by atoms with Gasteiger partial charge in [-0.25, -0.2) is 0 Å². The minimum absolute atomic E-state index is 0.703. The first-order chi connectivity index (χ1) is 11.8. The minimum atomic E-state index is -2.24. The molecule has 0 heterocycles. The van der Waals surface area contributed by atoms with E-state index in [2.05, 4.69) is 55.1 Å². The van der Waals surface area contributed by atoms with Crippen LogP contribution in [-0.4, -0.2) is 0 Å². The molecule has 1 nitrogen and oxygen atoms in total. The van der Waals surface area contributed by atoms with Gasteiger partial charge in [-0.15, -0.1) is 12.6 Å². The van der Waals surface area contributed by atoms with Gasteiger partial charge in [-0.1, -0.05) is 54.6 Å². The lowest BCUT2D eigenvalue weighted by Gasteiger charge is -2.26. The quantitative estimate of drug-likeness (QED) is 0.426. The fraction of sp³-hybridized carbons (Fsp3) is 0. The molecule has 0 saturated heterocycles. The van der Waals surface area contributed by atoms with Crippen molar-refractivity contribution in [3.05, 3.63) is 102 Å². The summed E-state index contributed by atoms with van der Waals surface area (Å²) < 4.78 is 0. The zero-order chi connectivity index (χ0) is 16.8. The highest BCUT2D eigenvalue weighted by Crippen LogP contribution is 2.62. The van der Waals surface area contributed by atoms with Crippen molar-refractivity contribution in [3.63, 3.8) is 0 Å². The second-order valence-corrected chi connectivity index (χ2v) is 8.93. The van der Waals surface area contributed by atoms with Gasteiger partial charge in [-0.05, 0) is 36.4 Å². The summed E-state index contributed by atoms with van der Waals surface area (Å²) in [6.45, 7) is 0. The molecule has 0 radical (unpaired) electrons. The molecule has 0 amide bonds. The summed E-state index contributed by atoms with van der Waals surface area (Å²) in [6, 6.07) is 33.3. The van der Waals surface area contributed by atoms with E-state index < -0.39 is 7.26 Å². The van der Waals surface area contributed by atoms with E-state index in [0.29, 0.717) is 5.31 Å². The maximum Gasteiger partial charge on any atom is 0.191 e. The number of allylic oxidation sites excluding steroid dienone is 1. The van der Waals surface area contributed by atoms with Crippen LogP contribution in [0.25, 0.3) is 0 Å². The second kappa shape index (κ2) is 7.49. The van der Waals surface area contributed by atoms with E-state index in [9.17, 15) is 5.26 Å². The average molecular weight is 346 g/mol. The molecule has 0 unspecified atom stereocenters. The van der Waals surface area contributed by atoms with E-state index in [0.717, 1.165) is 15.9 Å². The van der Waals surface area contributed by atoms with Crippen molar-refractivity contribution in [1.29, 1.82) is 5.26 Å². The van der Waals surface area contributed by atoms with Gasteiger partial charge in [-0.3, -0.25) is 0 Å². The first-order valence-electron chi connectivity index (χ1n) is 7.65. The Kier molecular flexibility index (Phi) is 5.16. The molecular weight excluding hydrogens is 329 g/mol. The van der Waals surface area contributed by atoms with Crippen molar-refractivity contribution in [1.82, 2.24) is 0 Å². The van der Waals surface area contributed by atoms with E-state index >= 15 is 0 Å². The molecule has 0 aliphatic rings. The van der Waals surface area contributed by atoms with Gasteiger partial charge in [0.25, 0.3) is 0 Å². The Morgan fingerprint density at radius 2 is 1.04 bits per heavy atom. The number of thiol groups is 1. The molecule has 0 saturated carbocycles. The molecule has 0 aliphatic heterocycles. The summed E-state index contributed by atoms with van der Waals surface area (Å²) in [5.41, 5.74) is 0. The molecule has 0 aliphatic carbocycles. The van der Waals surface area contributed by atoms with Gasteiger partial charge in [-0.2, -0.15) is 5.26 Å². The van der Waals surface area contributed by atoms with Gasteiger partial charge in [0.05, 0.1) is 0 Å². The Morgan fingerprint density at radius 1 is 0.708 bits per heavy atom. The monoisotopic (exact) mass is 346 g/mol. The third-order valence-electron chi connectivity index (χ3n) is 4.03. The summed E-state index contributed by atoms with van der Waals surface area (Å²) >= 11 is 4.38. The fourth-order valence-corrected chi connectivity index (χ4v) is 7.50. The van der Waals surface area contributed by atoms with E-state index in [-0.39, 0.29) is 0 Å². The molecule has 24 heavy (non-hydrogen) atoms. The van der Waals surface area contributed by atoms with Crippen LogP contribution in [0, 0.1) is 11.3 Å². The highest BCUT2D eigenvalue weighted by atomic mass is 32.1. The molecule has 116 valence electrons. The first kappa shape index (κ1) is 16.5. The van der Waals surface area contributed by atoms with Crippen molar-refractivity contribution in [2.24, 2.45) is 0 Å². The van der Waals surface area contributed by atoms with E-state index in [1.54, 1.807) is 5.41 Å². The average Bonchev–Trinajstić information content (AvgIpc) is 2.68. The van der Waals surface area contributed by atoms with E-state index in [4.69, 9.17) is 0 Å². The van der Waals surface area contributed by atoms with Crippen molar-refractivity contribution in [2.75, 3.05) is 0 Å². The molecule has 3 aromatic carbocycles. The largest absolute Gasteiger partial charge is 0.191 e. The molecule has 0 aromatic heterocycles. The van der Waals surface area contributed by atoms with Crippen LogP contribution in [0.1, 0.15) is 0 Å². The smallest absolute Gasteiger partial charge is 0.189 e. The molecule has 0 spiro atoms. The summed E-state index contributed by atoms with van der Waals surface area (Å²) in [6.07, 6.45) is 0. The zero-order valence-corrected chi connectivity index (χ0v) is 14.9. The summed E-state index contributed by atoms with van der Waals surface area (Å²) in [5, 5.41) is 15.7. The molecule has 0 atom stereocenters. The maximum atomic E-state index is 9.91. The summed E-state index contributed by atoms with van der Waals surface area (Å²) in [5.74, 6) is 0. The number of nitriles is 1. The van der Waals surface area contributed by atoms with E-state index in [1.807, 2.05) is 54.6 Å². The Morgan fingerprint density at radius 3 is 1.29 bits per heavy atom. The van der Waals surface area contributed by atoms with Crippen molar-refractivity contribution in [2.45, 2.75) is 0 Å². The summed E-state index contributed by atoms with van der Waals surface area (Å²) in [7, 11) is -2.24. The Balaban J connectivity index is 2.45. The van der Waals surface area contributed by atoms with Gasteiger partial charge in [0.2, 0.25) is 0 Å². The van der Waals surface area contributed by atoms with Gasteiger partial charge >= 0.3 is 0 Å². The standard InChI is InChI=1S/C21H16NPS/c22-16-21(17-24)23(18-10-4-1-5-11-18,19-12-6-2-7-13-19)20-14-8-3-9-15-20/h1-15,17H/p+1/b21-17-. The van der Waals surface area contributed by atoms with Gasteiger partial charge in [0.15, 0.2) is 12.6 Å². The van der Waals surface area contributed by atoms with Crippen LogP contribution in [0.3, 0.4) is 0 Å². The molecule has 0 N–H and O–H groups in total. The number of hydrogen-bond donors (Lipinski definition) is 1. The summed E-state index contributed by atoms with van der Waals surface area (Å²) in [4.78, 5) is 0. The number of hydrogen-bond acceptors (Lipinski definition) is 2. The highest BCUT2D eigenvalue weighted by molar-refractivity contribution is 8.00. The Labute approximate surface area is 149 Å². The van der Waals surface area contributed by atoms with E-state index in [1.165, 1.54) is 0 Å². The topological polar surface area (TPSA) is 23.8 Å². The zero-order valence-electron chi connectivity index (χ0n) is 13.1. The number of rotatable bonds is 4. The lowest BCUT2D eigenvalue weighted by atomic mass is 10.4. The predicted molar refractivity (Wildman–Crippen MR) is 108 cm³/mol. The lowest BCUT2D eigenvalue weighted by molar-refractivity contribution is 1.52. The van der Waals surface area contributed by atoms with Gasteiger partial charge in [0.1, 0.15) is 22.0 Å². The van der Waals surface area contributed by atoms with Crippen LogP contribution >= 0.6 is 19.9 Å². The normalized spacial score (nSPS) is 11.8. The Bertz CT molecular complexity index is 771. The molecule has 0 fully saturated rings. The van der Waals surface area contributed by atoms with Crippen LogP contribution in [-0.2, 0) is 0 Å². The SMILES string of the molecule is N#C/C(=C/S)[P+](c1ccccc1)(c1ccccc1)c1ccccc1. The van der Waals surface area contributed by atoms with Crippen LogP contribution in [0.5, 0.6) is 0 Å². The predicted octanol–water partition coefficient (Wildman–Crippen LogP) is 4.28. The maximum absolute atomic E-state index is 9.91. The van der Waals surface area contributed by atoms with Crippen molar-refractivity contribution < 1.29 is 0 Å². The van der Waals surface area contributed by atoms with Crippen LogP contribution in [0.15, 0.2) is 102 Å². The third-order valence-corrected chi connectivity index (χ3v) is 8.66. The minimum Gasteiger partial charge on any atom is -0.189 e. The van der Waals surface area contributed by atoms with Crippen LogP contribution < -0.4 is 15.9 Å². The fourth-order valence-electron chi connectivity index (χ4n) is 3.01. The molecule has 3 rings (SSSR count).